The number of piperidine rings is 1. The monoisotopic (exact) mass is 579 g/mol. The number of aromatic nitrogens is 5. The van der Waals surface area contributed by atoms with Gasteiger partial charge in [0.2, 0.25) is 5.95 Å². The van der Waals surface area contributed by atoms with Crippen LogP contribution in [-0.2, 0) is 23.5 Å². The summed E-state index contributed by atoms with van der Waals surface area (Å²) in [4.78, 5) is 20.1. The van der Waals surface area contributed by atoms with Crippen molar-refractivity contribution < 1.29 is 13.2 Å². The average Bonchev–Trinajstić information content (AvgIpc) is 3.60. The first-order valence-electron chi connectivity index (χ1n) is 13.7. The third-order valence-corrected chi connectivity index (χ3v) is 10.1. The van der Waals surface area contributed by atoms with Gasteiger partial charge in [-0.25, -0.2) is 28.4 Å². The highest BCUT2D eigenvalue weighted by Crippen LogP contribution is 2.34. The third-order valence-electron chi connectivity index (χ3n) is 7.42. The average molecular weight is 580 g/mol. The third kappa shape index (κ3) is 5.61. The second-order valence-electron chi connectivity index (χ2n) is 10.3. The number of nitrogens with zero attached hydrogens (tertiary/aromatic N) is 7. The first kappa shape index (κ1) is 26.9. The number of sulfonamides is 1. The molecule has 1 aromatic carbocycles. The molecule has 12 heteroatoms. The molecule has 2 aliphatic heterocycles. The Kier molecular flexibility index (Phi) is 7.56. The van der Waals surface area contributed by atoms with Gasteiger partial charge in [-0.15, -0.1) is 0 Å². The minimum absolute atomic E-state index is 0.0885. The SMILES string of the molecule is CCCc1cnc(N2CCC(Oc3nc4ccc(C5=CCN(S(=O)(=O)c6cn(C)cn6)CC5)cc4s3)CC2)nc1. The van der Waals surface area contributed by atoms with Crippen LogP contribution >= 0.6 is 11.3 Å². The molecule has 5 heterocycles. The molecule has 1 fully saturated rings. The number of ether oxygens (including phenoxy) is 1. The standard InChI is InChI=1S/C28H33N7O3S2/c1-3-4-20-16-29-27(30-17-20)34-11-9-23(10-12-34)38-28-32-24-6-5-22(15-25(24)39-28)21-7-13-35(14-8-21)40(36,37)26-18-33(2)19-31-26/h5-7,15-19,23H,3-4,8-14H2,1-2H3. The summed E-state index contributed by atoms with van der Waals surface area (Å²) in [6, 6.07) is 6.22. The summed E-state index contributed by atoms with van der Waals surface area (Å²) in [6.45, 7) is 4.62. The van der Waals surface area contributed by atoms with Crippen LogP contribution < -0.4 is 9.64 Å². The number of benzene rings is 1. The molecule has 3 aromatic heterocycles. The summed E-state index contributed by atoms with van der Waals surface area (Å²) in [7, 11) is -1.83. The van der Waals surface area contributed by atoms with E-state index in [9.17, 15) is 8.42 Å². The van der Waals surface area contributed by atoms with E-state index in [1.165, 1.54) is 22.4 Å². The highest BCUT2D eigenvalue weighted by atomic mass is 32.2. The molecule has 1 saturated heterocycles. The lowest BCUT2D eigenvalue weighted by atomic mass is 10.0. The molecular formula is C28H33N7O3S2. The van der Waals surface area contributed by atoms with Crippen LogP contribution in [0.1, 0.15) is 43.7 Å². The van der Waals surface area contributed by atoms with E-state index in [2.05, 4.69) is 38.9 Å². The number of anilines is 1. The molecule has 2 aliphatic rings. The van der Waals surface area contributed by atoms with Crippen molar-refractivity contribution in [2.24, 2.45) is 7.05 Å². The molecule has 0 atom stereocenters. The lowest BCUT2D eigenvalue weighted by Crippen LogP contribution is -2.39. The van der Waals surface area contributed by atoms with E-state index >= 15 is 0 Å². The van der Waals surface area contributed by atoms with Crippen LogP contribution in [0.4, 0.5) is 5.95 Å². The van der Waals surface area contributed by atoms with Crippen molar-refractivity contribution in [1.29, 1.82) is 0 Å². The van der Waals surface area contributed by atoms with Gasteiger partial charge in [0.1, 0.15) is 6.10 Å². The Hall–Kier alpha value is -3.35. The van der Waals surface area contributed by atoms with Crippen LogP contribution in [0.25, 0.3) is 15.8 Å². The maximum Gasteiger partial charge on any atom is 0.274 e. The molecule has 40 heavy (non-hydrogen) atoms. The van der Waals surface area contributed by atoms with Gasteiger partial charge in [0.15, 0.2) is 5.03 Å². The second kappa shape index (κ2) is 11.3. The summed E-state index contributed by atoms with van der Waals surface area (Å²) in [6.07, 6.45) is 13.6. The van der Waals surface area contributed by atoms with E-state index in [-0.39, 0.29) is 11.1 Å². The van der Waals surface area contributed by atoms with E-state index in [1.54, 1.807) is 23.0 Å². The normalized spacial score (nSPS) is 17.4. The predicted molar refractivity (Wildman–Crippen MR) is 156 cm³/mol. The maximum atomic E-state index is 12.9. The molecular weight excluding hydrogens is 546 g/mol. The van der Waals surface area contributed by atoms with Crippen LogP contribution in [0.2, 0.25) is 0 Å². The Morgan fingerprint density at radius 3 is 2.58 bits per heavy atom. The van der Waals surface area contributed by atoms with E-state index < -0.39 is 10.0 Å². The molecule has 0 saturated carbocycles. The lowest BCUT2D eigenvalue weighted by molar-refractivity contribution is 0.170. The Bertz CT molecular complexity index is 1620. The van der Waals surface area contributed by atoms with Crippen LogP contribution in [0.5, 0.6) is 5.19 Å². The van der Waals surface area contributed by atoms with Crippen LogP contribution in [0.3, 0.4) is 0 Å². The van der Waals surface area contributed by atoms with Gasteiger partial charge in [0.05, 0.1) is 16.5 Å². The Morgan fingerprint density at radius 2 is 1.90 bits per heavy atom. The molecule has 0 radical (unpaired) electrons. The minimum atomic E-state index is -3.59. The van der Waals surface area contributed by atoms with Crippen molar-refractivity contribution in [2.45, 2.75) is 50.2 Å². The first-order valence-corrected chi connectivity index (χ1v) is 16.0. The van der Waals surface area contributed by atoms with Gasteiger partial charge in [0, 0.05) is 64.7 Å². The molecule has 10 nitrogen and oxygen atoms in total. The zero-order chi connectivity index (χ0) is 27.7. The smallest absolute Gasteiger partial charge is 0.274 e. The van der Waals surface area contributed by atoms with Gasteiger partial charge >= 0.3 is 0 Å². The summed E-state index contributed by atoms with van der Waals surface area (Å²) >= 11 is 1.56. The molecule has 210 valence electrons. The molecule has 0 spiro atoms. The summed E-state index contributed by atoms with van der Waals surface area (Å²) < 4.78 is 36.3. The van der Waals surface area contributed by atoms with Crippen molar-refractivity contribution in [2.75, 3.05) is 31.1 Å². The summed E-state index contributed by atoms with van der Waals surface area (Å²) in [5, 5.41) is 0.779. The number of fused-ring (bicyclic) bond motifs is 1. The summed E-state index contributed by atoms with van der Waals surface area (Å²) in [5.74, 6) is 0.792. The first-order chi connectivity index (χ1) is 19.4. The number of thiazole rings is 1. The minimum Gasteiger partial charge on any atom is -0.467 e. The predicted octanol–water partition coefficient (Wildman–Crippen LogP) is 4.30. The van der Waals surface area contributed by atoms with E-state index in [1.807, 2.05) is 24.5 Å². The summed E-state index contributed by atoms with van der Waals surface area (Å²) in [5.41, 5.74) is 4.33. The van der Waals surface area contributed by atoms with Crippen LogP contribution in [0, 0.1) is 0 Å². The van der Waals surface area contributed by atoms with Crippen molar-refractivity contribution in [1.82, 2.24) is 28.8 Å². The van der Waals surface area contributed by atoms with Crippen molar-refractivity contribution >= 4 is 43.1 Å². The van der Waals surface area contributed by atoms with Crippen molar-refractivity contribution in [3.05, 3.63) is 60.3 Å². The van der Waals surface area contributed by atoms with Crippen molar-refractivity contribution in [3.63, 3.8) is 0 Å². The van der Waals surface area contributed by atoms with Gasteiger partial charge < -0.3 is 14.2 Å². The fourth-order valence-corrected chi connectivity index (χ4v) is 7.45. The van der Waals surface area contributed by atoms with E-state index in [0.29, 0.717) is 24.7 Å². The molecule has 6 rings (SSSR count). The van der Waals surface area contributed by atoms with Gasteiger partial charge in [-0.05, 0) is 41.7 Å². The number of hydrogen-bond donors (Lipinski definition) is 0. The Morgan fingerprint density at radius 1 is 1.10 bits per heavy atom. The van der Waals surface area contributed by atoms with Gasteiger partial charge in [0.25, 0.3) is 15.2 Å². The highest BCUT2D eigenvalue weighted by molar-refractivity contribution is 7.89. The quantitative estimate of drug-likeness (QED) is 0.304. The van der Waals surface area contributed by atoms with E-state index in [4.69, 9.17) is 9.72 Å². The van der Waals surface area contributed by atoms with Gasteiger partial charge in [-0.3, -0.25) is 0 Å². The fourth-order valence-electron chi connectivity index (χ4n) is 5.18. The lowest BCUT2D eigenvalue weighted by Gasteiger charge is -2.31. The van der Waals surface area contributed by atoms with Gasteiger partial charge in [-0.2, -0.15) is 4.31 Å². The molecule has 0 unspecified atom stereocenters. The highest BCUT2D eigenvalue weighted by Gasteiger charge is 2.28. The number of rotatable bonds is 8. The number of imidazole rings is 1. The Balaban J connectivity index is 1.07. The molecule has 0 aliphatic carbocycles. The topological polar surface area (TPSA) is 106 Å². The zero-order valence-electron chi connectivity index (χ0n) is 22.7. The second-order valence-corrected chi connectivity index (χ2v) is 13.2. The molecule has 0 amide bonds. The molecule has 0 N–H and O–H groups in total. The largest absolute Gasteiger partial charge is 0.467 e. The fraction of sp³-hybridized carbons (Fsp3) is 0.429. The van der Waals surface area contributed by atoms with Crippen LogP contribution in [-0.4, -0.2) is 69.5 Å². The number of aryl methyl sites for hydroxylation is 2. The van der Waals surface area contributed by atoms with Crippen molar-refractivity contribution in [3.8, 4) is 5.19 Å². The number of hydrogen-bond acceptors (Lipinski definition) is 9. The maximum absolute atomic E-state index is 12.9. The zero-order valence-corrected chi connectivity index (χ0v) is 24.4. The van der Waals surface area contributed by atoms with E-state index in [0.717, 1.165) is 66.1 Å². The molecule has 0 bridgehead atoms. The van der Waals surface area contributed by atoms with Crippen LogP contribution in [0.15, 0.2) is 54.2 Å². The molecule has 4 aromatic rings. The Labute approximate surface area is 238 Å². The van der Waals surface area contributed by atoms with Gasteiger partial charge in [-0.1, -0.05) is 36.8 Å².